The van der Waals surface area contributed by atoms with E-state index in [0.717, 1.165) is 30.6 Å². The molecule has 188 valence electrons. The molecule has 0 bridgehead atoms. The van der Waals surface area contributed by atoms with Crippen molar-refractivity contribution in [2.45, 2.75) is 18.7 Å². The van der Waals surface area contributed by atoms with Crippen LogP contribution < -0.4 is 4.72 Å². The maximum Gasteiger partial charge on any atom is 0.342 e. The molecular weight excluding hydrogens is 485 g/mol. The summed E-state index contributed by atoms with van der Waals surface area (Å²) in [5.41, 5.74) is 0.927. The van der Waals surface area contributed by atoms with Crippen LogP contribution >= 0.6 is 0 Å². The summed E-state index contributed by atoms with van der Waals surface area (Å²) in [6.45, 7) is 6.28. The van der Waals surface area contributed by atoms with E-state index in [-0.39, 0.29) is 27.2 Å². The fourth-order valence-corrected chi connectivity index (χ4v) is 5.26. The molecule has 0 saturated heterocycles. The van der Waals surface area contributed by atoms with Crippen LogP contribution in [0.1, 0.15) is 29.8 Å². The van der Waals surface area contributed by atoms with Crippen molar-refractivity contribution < 1.29 is 26.8 Å². The van der Waals surface area contributed by atoms with Gasteiger partial charge in [-0.25, -0.2) is 17.6 Å². The second-order valence-corrected chi connectivity index (χ2v) is 9.66. The summed E-state index contributed by atoms with van der Waals surface area (Å²) in [5, 5.41) is 1.32. The number of nitrogens with zero attached hydrogens (tertiary/aromatic N) is 2. The number of pyridine rings is 1. The molecule has 8 nitrogen and oxygen atoms in total. The number of halogens is 1. The summed E-state index contributed by atoms with van der Waals surface area (Å²) >= 11 is 0. The van der Waals surface area contributed by atoms with E-state index in [1.54, 1.807) is 24.3 Å². The molecule has 0 unspecified atom stereocenters. The van der Waals surface area contributed by atoms with Crippen molar-refractivity contribution in [3.8, 4) is 0 Å². The number of hydrogen-bond acceptors (Lipinski definition) is 7. The molecule has 2 heterocycles. The summed E-state index contributed by atoms with van der Waals surface area (Å²) in [4.78, 5) is 19.1. The molecule has 36 heavy (non-hydrogen) atoms. The average molecular weight is 512 g/mol. The van der Waals surface area contributed by atoms with Crippen LogP contribution in [0, 0.1) is 5.82 Å². The first-order chi connectivity index (χ1) is 17.3. The molecule has 2 aromatic heterocycles. The molecule has 0 spiro atoms. The predicted octanol–water partition coefficient (Wildman–Crippen LogP) is 5.06. The van der Waals surface area contributed by atoms with Crippen molar-refractivity contribution in [1.82, 2.24) is 9.88 Å². The van der Waals surface area contributed by atoms with Crippen LogP contribution in [0.25, 0.3) is 27.9 Å². The molecule has 0 saturated carbocycles. The Kier molecular flexibility index (Phi) is 7.37. The van der Waals surface area contributed by atoms with Crippen LogP contribution in [0.4, 0.5) is 10.1 Å². The van der Waals surface area contributed by atoms with Crippen molar-refractivity contribution in [3.63, 3.8) is 0 Å². The minimum atomic E-state index is -4.22. The number of sulfonamides is 1. The van der Waals surface area contributed by atoms with Gasteiger partial charge in [0.05, 0.1) is 35.7 Å². The number of esters is 1. The van der Waals surface area contributed by atoms with Crippen LogP contribution in [0.2, 0.25) is 0 Å². The maximum absolute atomic E-state index is 14.0. The van der Waals surface area contributed by atoms with Crippen molar-refractivity contribution in [3.05, 3.63) is 71.9 Å². The van der Waals surface area contributed by atoms with Crippen LogP contribution in [0.15, 0.2) is 64.2 Å². The first-order valence-corrected chi connectivity index (χ1v) is 12.9. The van der Waals surface area contributed by atoms with E-state index >= 15 is 0 Å². The van der Waals surface area contributed by atoms with Gasteiger partial charge in [-0.2, -0.15) is 0 Å². The van der Waals surface area contributed by atoms with Crippen LogP contribution in [0.5, 0.6) is 0 Å². The molecule has 0 aliphatic carbocycles. The zero-order chi connectivity index (χ0) is 25.9. The molecule has 0 aliphatic heterocycles. The Balaban J connectivity index is 1.78. The second-order valence-electron chi connectivity index (χ2n) is 8.01. The summed E-state index contributed by atoms with van der Waals surface area (Å²) in [7, 11) is -3.02. The highest BCUT2D eigenvalue weighted by Crippen LogP contribution is 2.33. The van der Waals surface area contributed by atoms with Gasteiger partial charge in [-0.15, -0.1) is 0 Å². The third-order valence-electron chi connectivity index (χ3n) is 5.92. The lowest BCUT2D eigenvalue weighted by Gasteiger charge is -2.16. The predicted molar refractivity (Wildman–Crippen MR) is 137 cm³/mol. The van der Waals surface area contributed by atoms with Gasteiger partial charge in [0.2, 0.25) is 0 Å². The Morgan fingerprint density at radius 1 is 1.17 bits per heavy atom. The van der Waals surface area contributed by atoms with E-state index in [9.17, 15) is 17.6 Å². The molecule has 4 rings (SSSR count). The SMILES string of the molecule is CCN(CC)CC=Cc1cc(F)ccc1S(=O)(=O)Nc1ccc2c(ncc3occc32)c1C(=O)OC. The number of methoxy groups -OCH3 is 1. The van der Waals surface area contributed by atoms with Crippen molar-refractivity contribution in [2.75, 3.05) is 31.5 Å². The van der Waals surface area contributed by atoms with Crippen LogP contribution in [-0.4, -0.2) is 51.0 Å². The Hall–Kier alpha value is -3.76. The fraction of sp³-hybridized carbons (Fsp3) is 0.231. The lowest BCUT2D eigenvalue weighted by atomic mass is 10.1. The quantitative estimate of drug-likeness (QED) is 0.313. The van der Waals surface area contributed by atoms with Gasteiger partial charge >= 0.3 is 5.97 Å². The monoisotopic (exact) mass is 511 g/mol. The summed E-state index contributed by atoms with van der Waals surface area (Å²) in [6, 6.07) is 8.29. The molecule has 0 atom stereocenters. The number of anilines is 1. The van der Waals surface area contributed by atoms with Crippen molar-refractivity contribution >= 4 is 49.6 Å². The third kappa shape index (κ3) is 4.95. The van der Waals surface area contributed by atoms with E-state index in [0.29, 0.717) is 17.5 Å². The van der Waals surface area contributed by atoms with Gasteiger partial charge in [-0.05, 0) is 55.1 Å². The standard InChI is InChI=1S/C26H26FN3O5S/c1-4-30(5-2)13-6-7-17-15-18(27)8-11-23(17)36(32,33)29-21-10-9-20-19-12-14-35-22(19)16-28-25(20)24(21)26(31)34-3/h6-12,14-16,29H,4-5,13H2,1-3H3. The second kappa shape index (κ2) is 10.5. The highest BCUT2D eigenvalue weighted by Gasteiger charge is 2.25. The smallest absolute Gasteiger partial charge is 0.342 e. The highest BCUT2D eigenvalue weighted by atomic mass is 32.2. The molecule has 4 aromatic rings. The van der Waals surface area contributed by atoms with Gasteiger partial charge in [0.25, 0.3) is 10.0 Å². The third-order valence-corrected chi connectivity index (χ3v) is 7.36. The minimum absolute atomic E-state index is 0.00732. The van der Waals surface area contributed by atoms with Crippen molar-refractivity contribution in [1.29, 1.82) is 0 Å². The number of benzene rings is 2. The number of fused-ring (bicyclic) bond motifs is 3. The summed E-state index contributed by atoms with van der Waals surface area (Å²) in [6.07, 6.45) is 6.33. The normalized spacial score (nSPS) is 12.1. The Bertz CT molecular complexity index is 1560. The number of rotatable bonds is 9. The highest BCUT2D eigenvalue weighted by molar-refractivity contribution is 7.92. The molecule has 0 radical (unpaired) electrons. The van der Waals surface area contributed by atoms with Gasteiger partial charge in [0.15, 0.2) is 5.58 Å². The first kappa shape index (κ1) is 25.3. The summed E-state index contributed by atoms with van der Waals surface area (Å²) in [5.74, 6) is -1.32. The summed E-state index contributed by atoms with van der Waals surface area (Å²) < 4.78 is 53.7. The molecule has 0 aliphatic rings. The lowest BCUT2D eigenvalue weighted by molar-refractivity contribution is 0.0604. The number of carbonyl (C=O) groups is 1. The topological polar surface area (TPSA) is 102 Å². The van der Waals surface area contributed by atoms with E-state index in [1.807, 2.05) is 13.8 Å². The van der Waals surface area contributed by atoms with Crippen LogP contribution in [-0.2, 0) is 14.8 Å². The van der Waals surface area contributed by atoms with E-state index < -0.39 is 21.8 Å². The number of aromatic nitrogens is 1. The molecule has 0 amide bonds. The molecule has 1 N–H and O–H groups in total. The number of carbonyl (C=O) groups excluding carboxylic acids is 1. The Morgan fingerprint density at radius 2 is 1.94 bits per heavy atom. The number of hydrogen-bond donors (Lipinski definition) is 1. The average Bonchev–Trinajstić information content (AvgIpc) is 3.35. The first-order valence-electron chi connectivity index (χ1n) is 11.4. The number of likely N-dealkylation sites (N-methyl/N-ethyl adjacent to an activating group) is 1. The Morgan fingerprint density at radius 3 is 2.67 bits per heavy atom. The van der Waals surface area contributed by atoms with Gasteiger partial charge < -0.3 is 14.1 Å². The van der Waals surface area contributed by atoms with Crippen LogP contribution in [0.3, 0.4) is 0 Å². The Labute approximate surface area is 208 Å². The number of furan rings is 1. The fourth-order valence-electron chi connectivity index (χ4n) is 4.01. The number of ether oxygens (including phenoxy) is 1. The van der Waals surface area contributed by atoms with E-state index in [2.05, 4.69) is 14.6 Å². The number of nitrogens with one attached hydrogen (secondary N) is 1. The zero-order valence-electron chi connectivity index (χ0n) is 20.1. The zero-order valence-corrected chi connectivity index (χ0v) is 20.9. The van der Waals surface area contributed by atoms with Crippen molar-refractivity contribution in [2.24, 2.45) is 0 Å². The lowest BCUT2D eigenvalue weighted by Crippen LogP contribution is -2.22. The van der Waals surface area contributed by atoms with Gasteiger partial charge in [-0.3, -0.25) is 9.71 Å². The van der Waals surface area contributed by atoms with Gasteiger partial charge in [-0.1, -0.05) is 26.0 Å². The largest absolute Gasteiger partial charge is 0.465 e. The molecule has 10 heteroatoms. The van der Waals surface area contributed by atoms with E-state index in [1.165, 1.54) is 31.7 Å². The molecule has 0 fully saturated rings. The molecule has 2 aromatic carbocycles. The van der Waals surface area contributed by atoms with Gasteiger partial charge in [0, 0.05) is 17.3 Å². The molecular formula is C26H26FN3O5S. The van der Waals surface area contributed by atoms with Gasteiger partial charge in [0.1, 0.15) is 11.4 Å². The maximum atomic E-state index is 14.0. The minimum Gasteiger partial charge on any atom is -0.465 e. The van der Waals surface area contributed by atoms with E-state index in [4.69, 9.17) is 9.15 Å².